The Kier molecular flexibility index (Phi) is 7.95. The fourth-order valence-electron chi connectivity index (χ4n) is 7.16. The summed E-state index contributed by atoms with van der Waals surface area (Å²) in [4.78, 5) is 59.6. The largest absolute Gasteiger partial charge is 0.385 e. The van der Waals surface area contributed by atoms with Crippen molar-refractivity contribution < 1.29 is 19.2 Å². The maximum Gasteiger partial charge on any atom is 0.230 e. The molecule has 11 heteroatoms. The summed E-state index contributed by atoms with van der Waals surface area (Å²) in [5.74, 6) is -1.69. The molecule has 0 spiro atoms. The van der Waals surface area contributed by atoms with E-state index in [4.69, 9.17) is 4.98 Å². The molecule has 2 saturated heterocycles. The Balaban J connectivity index is 0.871. The van der Waals surface area contributed by atoms with Crippen molar-refractivity contribution in [2.75, 3.05) is 50.0 Å². The van der Waals surface area contributed by atoms with E-state index in [-0.39, 0.29) is 30.3 Å². The number of nitrogens with one attached hydrogen (secondary N) is 2. The monoisotopic (exact) mass is 609 g/mol. The standard InChI is InChI=1S/C34H39N7O4/c1-39-12-14-40(15-13-39)29-6-2-5-28(37-29)22-19-36-41(20-22)24-16-21(17-24)4-3-11-35-23-7-8-25-27(18-23)33(44)31(32(25)43)26-9-10-30(42)38-34(26)45/h2,5-8,18-21,24,26,31,35H,3-4,9-17H2,1H3,(H,38,42,45)/t21-,24-,26?,31?. The Hall–Kier alpha value is -4.38. The van der Waals surface area contributed by atoms with Crippen LogP contribution in [-0.2, 0) is 9.59 Å². The molecule has 2 N–H and O–H groups in total. The van der Waals surface area contributed by atoms with Gasteiger partial charge in [-0.25, -0.2) is 4.98 Å². The lowest BCUT2D eigenvalue weighted by molar-refractivity contribution is -0.137. The predicted octanol–water partition coefficient (Wildman–Crippen LogP) is 3.59. The molecule has 2 unspecified atom stereocenters. The van der Waals surface area contributed by atoms with Gasteiger partial charge in [-0.3, -0.25) is 29.2 Å². The molecule has 7 rings (SSSR count). The van der Waals surface area contributed by atoms with Crippen molar-refractivity contribution in [1.82, 2.24) is 25.0 Å². The van der Waals surface area contributed by atoms with E-state index < -0.39 is 17.7 Å². The van der Waals surface area contributed by atoms with E-state index in [1.165, 1.54) is 0 Å². The number of benzene rings is 1. The van der Waals surface area contributed by atoms with Gasteiger partial charge in [0.1, 0.15) is 5.82 Å². The van der Waals surface area contributed by atoms with Crippen LogP contribution in [-0.4, -0.2) is 82.8 Å². The second kappa shape index (κ2) is 12.2. The molecule has 0 bridgehead atoms. The molecule has 2 aliphatic heterocycles. The van der Waals surface area contributed by atoms with Crippen molar-refractivity contribution in [2.45, 2.75) is 44.6 Å². The third-order valence-corrected chi connectivity index (χ3v) is 9.96. The first kappa shape index (κ1) is 29.3. The van der Waals surface area contributed by atoms with Gasteiger partial charge in [0.2, 0.25) is 11.8 Å². The van der Waals surface area contributed by atoms with Crippen molar-refractivity contribution in [3.63, 3.8) is 0 Å². The Morgan fingerprint density at radius 1 is 0.978 bits per heavy atom. The Bertz CT molecular complexity index is 1640. The number of aromatic nitrogens is 3. The van der Waals surface area contributed by atoms with Crippen molar-refractivity contribution in [1.29, 1.82) is 0 Å². The molecule has 4 heterocycles. The maximum atomic E-state index is 13.1. The number of anilines is 2. The number of likely N-dealkylation sites (N-methyl/N-ethyl adjacent to an activating group) is 1. The summed E-state index contributed by atoms with van der Waals surface area (Å²) in [5.41, 5.74) is 3.53. The summed E-state index contributed by atoms with van der Waals surface area (Å²) < 4.78 is 2.10. The number of amides is 2. The summed E-state index contributed by atoms with van der Waals surface area (Å²) in [5, 5.41) is 10.3. The van der Waals surface area contributed by atoms with Crippen molar-refractivity contribution in [3.8, 4) is 11.3 Å². The average molecular weight is 610 g/mol. The zero-order valence-electron chi connectivity index (χ0n) is 25.6. The van der Waals surface area contributed by atoms with Gasteiger partial charge in [-0.05, 0) is 75.4 Å². The quantitative estimate of drug-likeness (QED) is 0.212. The lowest BCUT2D eigenvalue weighted by Crippen LogP contribution is -2.46. The van der Waals surface area contributed by atoms with Crippen molar-refractivity contribution in [2.24, 2.45) is 17.8 Å². The number of carbonyl (C=O) groups excluding carboxylic acids is 4. The minimum Gasteiger partial charge on any atom is -0.385 e. The van der Waals surface area contributed by atoms with Gasteiger partial charge in [0.25, 0.3) is 0 Å². The van der Waals surface area contributed by atoms with Crippen LogP contribution in [0.25, 0.3) is 11.3 Å². The highest BCUT2D eigenvalue weighted by Crippen LogP contribution is 2.41. The minimum absolute atomic E-state index is 0.144. The lowest BCUT2D eigenvalue weighted by atomic mass is 9.77. The van der Waals surface area contributed by atoms with Crippen LogP contribution in [0.2, 0.25) is 0 Å². The molecule has 3 fully saturated rings. The molecule has 2 aromatic heterocycles. The number of rotatable bonds is 9. The summed E-state index contributed by atoms with van der Waals surface area (Å²) in [7, 11) is 2.16. The molecule has 0 radical (unpaired) electrons. The predicted molar refractivity (Wildman–Crippen MR) is 169 cm³/mol. The van der Waals surface area contributed by atoms with Gasteiger partial charge in [-0.2, -0.15) is 5.10 Å². The normalized spacial score (nSPS) is 25.2. The molecule has 234 valence electrons. The fraction of sp³-hybridized carbons (Fsp3) is 0.471. The minimum atomic E-state index is -1.04. The number of nitrogens with zero attached hydrogens (tertiary/aromatic N) is 5. The van der Waals surface area contributed by atoms with Crippen LogP contribution in [0.5, 0.6) is 0 Å². The van der Waals surface area contributed by atoms with Gasteiger partial charge in [0, 0.05) is 67.7 Å². The maximum absolute atomic E-state index is 13.1. The van der Waals surface area contributed by atoms with Crippen LogP contribution in [0.1, 0.15) is 65.3 Å². The summed E-state index contributed by atoms with van der Waals surface area (Å²) in [6.45, 7) is 4.85. The van der Waals surface area contributed by atoms with Gasteiger partial charge in [-0.15, -0.1) is 0 Å². The molecule has 1 saturated carbocycles. The zero-order chi connectivity index (χ0) is 31.1. The van der Waals surface area contributed by atoms with Crippen LogP contribution < -0.4 is 15.5 Å². The van der Waals surface area contributed by atoms with Gasteiger partial charge < -0.3 is 15.1 Å². The highest BCUT2D eigenvalue weighted by atomic mass is 16.2. The number of Topliss-reactive ketones (excluding diaryl/α,β-unsaturated/α-hetero) is 2. The topological polar surface area (TPSA) is 130 Å². The molecular formula is C34H39N7O4. The molecule has 2 atom stereocenters. The number of imide groups is 1. The average Bonchev–Trinajstić information content (AvgIpc) is 3.59. The van der Waals surface area contributed by atoms with E-state index >= 15 is 0 Å². The van der Waals surface area contributed by atoms with Gasteiger partial charge in [0.05, 0.1) is 29.8 Å². The fourth-order valence-corrected chi connectivity index (χ4v) is 7.16. The summed E-state index contributed by atoms with van der Waals surface area (Å²) >= 11 is 0. The van der Waals surface area contributed by atoms with E-state index in [0.717, 1.165) is 81.2 Å². The van der Waals surface area contributed by atoms with E-state index in [9.17, 15) is 19.2 Å². The molecule has 11 nitrogen and oxygen atoms in total. The molecule has 2 aliphatic carbocycles. The summed E-state index contributed by atoms with van der Waals surface area (Å²) in [6.07, 6.45) is 8.72. The van der Waals surface area contributed by atoms with Gasteiger partial charge in [0.15, 0.2) is 11.6 Å². The Morgan fingerprint density at radius 3 is 2.58 bits per heavy atom. The second-order valence-corrected chi connectivity index (χ2v) is 13.0. The number of piperazine rings is 1. The Morgan fingerprint density at radius 2 is 1.78 bits per heavy atom. The third-order valence-electron chi connectivity index (χ3n) is 9.96. The summed E-state index contributed by atoms with van der Waals surface area (Å²) in [6, 6.07) is 11.9. The first-order chi connectivity index (χ1) is 21.8. The van der Waals surface area contributed by atoms with Crippen molar-refractivity contribution in [3.05, 3.63) is 59.9 Å². The third kappa shape index (κ3) is 5.88. The number of hydrogen-bond donors (Lipinski definition) is 2. The SMILES string of the molecule is CN1CCN(c2cccc(-c3cnn([C@H]4C[C@H](CCCNc5ccc6c(c5)C(=O)C(C5CCC(=O)NC5=O)C6=O)C4)c3)n2)CC1. The first-order valence-electron chi connectivity index (χ1n) is 16.1. The van der Waals surface area contributed by atoms with E-state index in [0.29, 0.717) is 23.1 Å². The molecule has 3 aromatic rings. The number of carbonyl (C=O) groups is 4. The van der Waals surface area contributed by atoms with Crippen LogP contribution in [0.4, 0.5) is 11.5 Å². The van der Waals surface area contributed by atoms with Gasteiger partial charge >= 0.3 is 0 Å². The molecule has 1 aromatic carbocycles. The smallest absolute Gasteiger partial charge is 0.230 e. The van der Waals surface area contributed by atoms with Gasteiger partial charge in [-0.1, -0.05) is 6.07 Å². The van der Waals surface area contributed by atoms with E-state index in [1.54, 1.807) is 12.1 Å². The first-order valence-corrected chi connectivity index (χ1v) is 16.1. The van der Waals surface area contributed by atoms with Crippen LogP contribution in [0.3, 0.4) is 0 Å². The lowest BCUT2D eigenvalue weighted by Gasteiger charge is -2.35. The van der Waals surface area contributed by atoms with Crippen molar-refractivity contribution >= 4 is 34.9 Å². The highest BCUT2D eigenvalue weighted by Gasteiger charge is 2.47. The molecule has 4 aliphatic rings. The Labute approximate surface area is 262 Å². The zero-order valence-corrected chi connectivity index (χ0v) is 25.6. The number of hydrogen-bond acceptors (Lipinski definition) is 9. The number of fused-ring (bicyclic) bond motifs is 1. The second-order valence-electron chi connectivity index (χ2n) is 13.0. The highest BCUT2D eigenvalue weighted by molar-refractivity contribution is 6.28. The van der Waals surface area contributed by atoms with E-state index in [2.05, 4.69) is 61.7 Å². The molecule has 45 heavy (non-hydrogen) atoms. The number of ketones is 2. The number of pyridine rings is 1. The molecular weight excluding hydrogens is 570 g/mol. The van der Waals surface area contributed by atoms with Crippen LogP contribution in [0.15, 0.2) is 48.8 Å². The van der Waals surface area contributed by atoms with Crippen LogP contribution >= 0.6 is 0 Å². The van der Waals surface area contributed by atoms with E-state index in [1.807, 2.05) is 12.3 Å². The number of piperidine rings is 1. The molecule has 2 amide bonds. The van der Waals surface area contributed by atoms with Crippen LogP contribution in [0, 0.1) is 17.8 Å².